The van der Waals surface area contributed by atoms with E-state index in [4.69, 9.17) is 9.72 Å². The zero-order chi connectivity index (χ0) is 18.9. The molecule has 3 rings (SSSR count). The highest BCUT2D eigenvalue weighted by Crippen LogP contribution is 2.38. The second-order valence-electron chi connectivity index (χ2n) is 7.27. The lowest BCUT2D eigenvalue weighted by Crippen LogP contribution is -2.32. The highest BCUT2D eigenvalue weighted by Gasteiger charge is 2.29. The molecule has 0 aliphatic carbocycles. The van der Waals surface area contributed by atoms with Crippen molar-refractivity contribution in [1.82, 2.24) is 10.3 Å². The van der Waals surface area contributed by atoms with Crippen LogP contribution in [0.1, 0.15) is 61.5 Å². The number of hydrogen-bond donors (Lipinski definition) is 2. The molecule has 1 aliphatic rings. The zero-order valence-electron chi connectivity index (χ0n) is 15.7. The first kappa shape index (κ1) is 18.8. The van der Waals surface area contributed by atoms with Gasteiger partial charge < -0.3 is 15.4 Å². The first-order valence-corrected chi connectivity index (χ1v) is 9.77. The predicted molar refractivity (Wildman–Crippen MR) is 104 cm³/mol. The fraction of sp³-hybridized carbons (Fsp3) is 0.526. The molecule has 2 aromatic rings. The monoisotopic (exact) mass is 375 g/mol. The van der Waals surface area contributed by atoms with Gasteiger partial charge in [-0.25, -0.2) is 4.98 Å². The Labute approximate surface area is 157 Å². The lowest BCUT2D eigenvalue weighted by Gasteiger charge is -2.31. The van der Waals surface area contributed by atoms with Crippen LogP contribution in [0.5, 0.6) is 0 Å². The summed E-state index contributed by atoms with van der Waals surface area (Å²) in [6.07, 6.45) is 2.66. The van der Waals surface area contributed by atoms with Crippen LogP contribution < -0.4 is 10.6 Å². The molecule has 2 aromatic heterocycles. The Bertz CT molecular complexity index is 857. The number of carbonyl (C=O) groups excluding carboxylic acids is 2. The number of carbonyl (C=O) groups is 2. The van der Waals surface area contributed by atoms with Crippen LogP contribution in [-0.4, -0.2) is 28.9 Å². The third-order valence-corrected chi connectivity index (χ3v) is 5.48. The summed E-state index contributed by atoms with van der Waals surface area (Å²) in [6.45, 7) is 8.72. The third-order valence-electron chi connectivity index (χ3n) is 4.39. The molecule has 3 heterocycles. The Morgan fingerprint density at radius 2 is 2.15 bits per heavy atom. The molecule has 0 fully saturated rings. The van der Waals surface area contributed by atoms with E-state index in [9.17, 15) is 9.59 Å². The molecule has 0 saturated carbocycles. The van der Waals surface area contributed by atoms with Crippen molar-refractivity contribution in [2.75, 3.05) is 11.9 Å². The number of thiophene rings is 1. The maximum absolute atomic E-state index is 12.6. The standard InChI is InChI=1S/C19H25N3O3S/c1-5-6-7-20-17(24)16-15(21-11(2)23)13-8-12-10-25-19(3,4)9-14(12)22-18(13)26-16/h8H,5-7,9-10H2,1-4H3,(H,20,24)(H,21,23). The molecule has 26 heavy (non-hydrogen) atoms. The summed E-state index contributed by atoms with van der Waals surface area (Å²) >= 11 is 1.33. The van der Waals surface area contributed by atoms with Crippen molar-refractivity contribution in [2.45, 2.75) is 59.2 Å². The fourth-order valence-electron chi connectivity index (χ4n) is 3.03. The summed E-state index contributed by atoms with van der Waals surface area (Å²) in [7, 11) is 0. The molecule has 1 aliphatic heterocycles. The average molecular weight is 375 g/mol. The number of anilines is 1. The van der Waals surface area contributed by atoms with Crippen molar-refractivity contribution >= 4 is 39.1 Å². The van der Waals surface area contributed by atoms with Crippen molar-refractivity contribution in [3.05, 3.63) is 22.2 Å². The molecule has 0 aromatic carbocycles. The summed E-state index contributed by atoms with van der Waals surface area (Å²) in [4.78, 5) is 30.3. The molecule has 0 radical (unpaired) electrons. The summed E-state index contributed by atoms with van der Waals surface area (Å²) in [5.74, 6) is -0.373. The van der Waals surface area contributed by atoms with E-state index in [1.807, 2.05) is 19.9 Å². The molecule has 0 bridgehead atoms. The molecule has 6 nitrogen and oxygen atoms in total. The molecular weight excluding hydrogens is 350 g/mol. The van der Waals surface area contributed by atoms with Crippen LogP contribution in [0.2, 0.25) is 0 Å². The number of aromatic nitrogens is 1. The maximum Gasteiger partial charge on any atom is 0.263 e. The molecule has 2 N–H and O–H groups in total. The number of amides is 2. The lowest BCUT2D eigenvalue weighted by molar-refractivity contribution is -0.114. The summed E-state index contributed by atoms with van der Waals surface area (Å²) in [5, 5.41) is 6.54. The fourth-order valence-corrected chi connectivity index (χ4v) is 4.07. The minimum atomic E-state index is -0.244. The summed E-state index contributed by atoms with van der Waals surface area (Å²) in [6, 6.07) is 2.00. The topological polar surface area (TPSA) is 80.3 Å². The van der Waals surface area contributed by atoms with E-state index in [1.165, 1.54) is 18.3 Å². The van der Waals surface area contributed by atoms with Gasteiger partial charge in [-0.3, -0.25) is 9.59 Å². The van der Waals surface area contributed by atoms with Crippen LogP contribution in [0.25, 0.3) is 10.2 Å². The van der Waals surface area contributed by atoms with E-state index < -0.39 is 0 Å². The van der Waals surface area contributed by atoms with Gasteiger partial charge in [0.05, 0.1) is 23.6 Å². The van der Waals surface area contributed by atoms with E-state index in [-0.39, 0.29) is 17.4 Å². The van der Waals surface area contributed by atoms with Crippen LogP contribution in [0.3, 0.4) is 0 Å². The van der Waals surface area contributed by atoms with Crippen LogP contribution in [0.15, 0.2) is 6.07 Å². The van der Waals surface area contributed by atoms with E-state index in [0.717, 1.165) is 40.7 Å². The van der Waals surface area contributed by atoms with Crippen LogP contribution in [0.4, 0.5) is 5.69 Å². The van der Waals surface area contributed by atoms with Crippen molar-refractivity contribution in [1.29, 1.82) is 0 Å². The van der Waals surface area contributed by atoms with E-state index >= 15 is 0 Å². The number of rotatable bonds is 5. The van der Waals surface area contributed by atoms with Crippen molar-refractivity contribution < 1.29 is 14.3 Å². The van der Waals surface area contributed by atoms with E-state index in [0.29, 0.717) is 23.7 Å². The highest BCUT2D eigenvalue weighted by molar-refractivity contribution is 7.21. The van der Waals surface area contributed by atoms with Crippen LogP contribution in [-0.2, 0) is 22.6 Å². The second kappa shape index (κ2) is 7.32. The van der Waals surface area contributed by atoms with Gasteiger partial charge in [0.1, 0.15) is 9.71 Å². The molecule has 7 heteroatoms. The summed E-state index contributed by atoms with van der Waals surface area (Å²) < 4.78 is 5.88. The van der Waals surface area contributed by atoms with Gasteiger partial charge in [0.25, 0.3) is 5.91 Å². The molecule has 2 amide bonds. The van der Waals surface area contributed by atoms with Gasteiger partial charge in [0.15, 0.2) is 0 Å². The zero-order valence-corrected chi connectivity index (χ0v) is 16.5. The van der Waals surface area contributed by atoms with Crippen molar-refractivity contribution in [3.63, 3.8) is 0 Å². The first-order chi connectivity index (χ1) is 12.3. The Morgan fingerprint density at radius 3 is 2.85 bits per heavy atom. The Morgan fingerprint density at radius 1 is 1.38 bits per heavy atom. The maximum atomic E-state index is 12.6. The molecule has 0 saturated heterocycles. The van der Waals surface area contributed by atoms with E-state index in [1.54, 1.807) is 0 Å². The average Bonchev–Trinajstić information content (AvgIpc) is 2.89. The molecular formula is C19H25N3O3S. The Hall–Kier alpha value is -1.99. The Kier molecular flexibility index (Phi) is 5.29. The lowest BCUT2D eigenvalue weighted by atomic mass is 9.95. The molecule has 140 valence electrons. The Balaban J connectivity index is 2.04. The predicted octanol–water partition coefficient (Wildman–Crippen LogP) is 3.64. The quantitative estimate of drug-likeness (QED) is 0.782. The largest absolute Gasteiger partial charge is 0.370 e. The number of nitrogens with zero attached hydrogens (tertiary/aromatic N) is 1. The number of fused-ring (bicyclic) bond motifs is 2. The normalized spacial score (nSPS) is 15.5. The molecule has 0 unspecified atom stereocenters. The van der Waals surface area contributed by atoms with Crippen LogP contribution >= 0.6 is 11.3 Å². The van der Waals surface area contributed by atoms with Gasteiger partial charge in [0.2, 0.25) is 5.91 Å². The minimum Gasteiger partial charge on any atom is -0.370 e. The van der Waals surface area contributed by atoms with Crippen molar-refractivity contribution in [2.24, 2.45) is 0 Å². The number of nitrogens with one attached hydrogen (secondary N) is 2. The van der Waals surface area contributed by atoms with Gasteiger partial charge in [-0.2, -0.15) is 0 Å². The van der Waals surface area contributed by atoms with Crippen LogP contribution in [0, 0.1) is 0 Å². The first-order valence-electron chi connectivity index (χ1n) is 8.96. The van der Waals surface area contributed by atoms with E-state index in [2.05, 4.69) is 17.6 Å². The second-order valence-corrected chi connectivity index (χ2v) is 8.27. The minimum absolute atomic E-state index is 0.167. The van der Waals surface area contributed by atoms with Gasteiger partial charge in [-0.15, -0.1) is 11.3 Å². The summed E-state index contributed by atoms with van der Waals surface area (Å²) in [5.41, 5.74) is 2.32. The van der Waals surface area contributed by atoms with Gasteiger partial charge in [-0.1, -0.05) is 13.3 Å². The van der Waals surface area contributed by atoms with Crippen molar-refractivity contribution in [3.8, 4) is 0 Å². The number of unbranched alkanes of at least 4 members (excludes halogenated alkanes) is 1. The number of ether oxygens (including phenoxy) is 1. The third kappa shape index (κ3) is 3.88. The van der Waals surface area contributed by atoms with Gasteiger partial charge in [-0.05, 0) is 26.3 Å². The van der Waals surface area contributed by atoms with Gasteiger partial charge in [0, 0.05) is 30.8 Å². The smallest absolute Gasteiger partial charge is 0.263 e. The van der Waals surface area contributed by atoms with Gasteiger partial charge >= 0.3 is 0 Å². The molecule has 0 spiro atoms. The number of pyridine rings is 1. The number of hydrogen-bond acceptors (Lipinski definition) is 5. The molecule has 0 atom stereocenters. The SMILES string of the molecule is CCCCNC(=O)c1sc2nc3c(cc2c1NC(C)=O)COC(C)(C)C3. The highest BCUT2D eigenvalue weighted by atomic mass is 32.1.